The Balaban J connectivity index is 1.69. The summed E-state index contributed by atoms with van der Waals surface area (Å²) in [7, 11) is 1.61. The second-order valence-electron chi connectivity index (χ2n) is 6.53. The first-order valence-corrected chi connectivity index (χ1v) is 9.73. The Morgan fingerprint density at radius 1 is 1.42 bits per heavy atom. The van der Waals surface area contributed by atoms with Gasteiger partial charge in [0.1, 0.15) is 5.75 Å². The van der Waals surface area contributed by atoms with E-state index in [0.717, 1.165) is 17.1 Å². The molecule has 2 aromatic rings. The molecule has 1 aliphatic carbocycles. The van der Waals surface area contributed by atoms with Gasteiger partial charge in [0, 0.05) is 24.9 Å². The third-order valence-corrected chi connectivity index (χ3v) is 5.71. The Morgan fingerprint density at radius 2 is 2.15 bits per heavy atom. The molecular weight excluding hydrogens is 350 g/mol. The van der Waals surface area contributed by atoms with E-state index in [1.54, 1.807) is 12.0 Å². The molecule has 0 bridgehead atoms. The number of anilines is 2. The number of rotatable bonds is 8. The minimum absolute atomic E-state index is 0.0910. The van der Waals surface area contributed by atoms with Gasteiger partial charge in [0.05, 0.1) is 25.1 Å². The van der Waals surface area contributed by atoms with E-state index >= 15 is 0 Å². The molecule has 140 valence electrons. The van der Waals surface area contributed by atoms with Crippen molar-refractivity contribution < 1.29 is 14.6 Å². The molecule has 0 radical (unpaired) electrons. The molecular formula is C19H25N3O3S. The molecule has 1 aliphatic rings. The van der Waals surface area contributed by atoms with Crippen LogP contribution in [0.2, 0.25) is 0 Å². The van der Waals surface area contributed by atoms with Gasteiger partial charge in [0.2, 0.25) is 5.91 Å². The molecule has 6 nitrogen and oxygen atoms in total. The van der Waals surface area contributed by atoms with Crippen LogP contribution in [0, 0.1) is 5.92 Å². The number of aliphatic hydroxyl groups is 1. The van der Waals surface area contributed by atoms with Gasteiger partial charge < -0.3 is 15.2 Å². The molecule has 3 rings (SSSR count). The first-order valence-electron chi connectivity index (χ1n) is 8.85. The molecule has 1 unspecified atom stereocenters. The summed E-state index contributed by atoms with van der Waals surface area (Å²) in [6.45, 7) is 2.27. The number of ether oxygens (including phenoxy) is 1. The van der Waals surface area contributed by atoms with Crippen molar-refractivity contribution in [2.75, 3.05) is 18.6 Å². The molecule has 2 N–H and O–H groups in total. The third-order valence-electron chi connectivity index (χ3n) is 4.84. The van der Waals surface area contributed by atoms with Gasteiger partial charge in [-0.2, -0.15) is 0 Å². The van der Waals surface area contributed by atoms with E-state index in [9.17, 15) is 9.90 Å². The maximum absolute atomic E-state index is 12.2. The van der Waals surface area contributed by atoms with Crippen molar-refractivity contribution in [3.8, 4) is 5.75 Å². The number of carbonyl (C=O) groups excluding carboxylic acids is 1. The second kappa shape index (κ2) is 8.62. The highest BCUT2D eigenvalue weighted by Gasteiger charge is 2.26. The van der Waals surface area contributed by atoms with Crippen LogP contribution >= 0.6 is 11.3 Å². The van der Waals surface area contributed by atoms with Gasteiger partial charge in [-0.25, -0.2) is 4.98 Å². The lowest BCUT2D eigenvalue weighted by Crippen LogP contribution is -2.41. The van der Waals surface area contributed by atoms with Crippen LogP contribution in [0.3, 0.4) is 0 Å². The normalized spacial score (nSPS) is 15.3. The van der Waals surface area contributed by atoms with Crippen LogP contribution < -0.4 is 15.0 Å². The number of methoxy groups -OCH3 is 1. The lowest BCUT2D eigenvalue weighted by molar-refractivity contribution is -0.115. The van der Waals surface area contributed by atoms with Crippen LogP contribution in [0.25, 0.3) is 0 Å². The summed E-state index contributed by atoms with van der Waals surface area (Å²) in [6, 6.07) is 7.47. The van der Waals surface area contributed by atoms with Gasteiger partial charge in [-0.3, -0.25) is 9.69 Å². The fraction of sp³-hybridized carbons (Fsp3) is 0.474. The number of nitrogens with zero attached hydrogens (tertiary/aromatic N) is 2. The molecule has 0 saturated heterocycles. The lowest BCUT2D eigenvalue weighted by atomic mass is 9.80. The maximum Gasteiger partial charge on any atom is 0.230 e. The summed E-state index contributed by atoms with van der Waals surface area (Å²) >= 11 is 1.44. The number of hydrogen-bond acceptors (Lipinski definition) is 6. The van der Waals surface area contributed by atoms with Crippen LogP contribution in [0.1, 0.15) is 31.9 Å². The predicted molar refractivity (Wildman–Crippen MR) is 103 cm³/mol. The Labute approximate surface area is 157 Å². The average Bonchev–Trinajstić information content (AvgIpc) is 3.05. The summed E-state index contributed by atoms with van der Waals surface area (Å²) in [5.41, 5.74) is 1.64. The van der Waals surface area contributed by atoms with E-state index in [2.05, 4.69) is 10.3 Å². The zero-order valence-electron chi connectivity index (χ0n) is 15.1. The van der Waals surface area contributed by atoms with Gasteiger partial charge in [-0.1, -0.05) is 6.42 Å². The number of aliphatic hydroxyl groups excluding tert-OH is 1. The summed E-state index contributed by atoms with van der Waals surface area (Å²) in [5.74, 6) is 1.21. The van der Waals surface area contributed by atoms with E-state index < -0.39 is 0 Å². The summed E-state index contributed by atoms with van der Waals surface area (Å²) in [6.07, 6.45) is 3.60. The smallest absolute Gasteiger partial charge is 0.230 e. The van der Waals surface area contributed by atoms with Gasteiger partial charge in [0.25, 0.3) is 0 Å². The highest BCUT2D eigenvalue weighted by Crippen LogP contribution is 2.31. The predicted octanol–water partition coefficient (Wildman–Crippen LogP) is 3.09. The SMILES string of the molecule is COc1ccc(N(C(C)=O)c2nc(CNC(CO)C3CCC3)cs2)cc1. The summed E-state index contributed by atoms with van der Waals surface area (Å²) in [4.78, 5) is 18.4. The van der Waals surface area contributed by atoms with Crippen molar-refractivity contribution in [2.45, 2.75) is 38.8 Å². The highest BCUT2D eigenvalue weighted by molar-refractivity contribution is 7.14. The number of hydrogen-bond donors (Lipinski definition) is 2. The standard InChI is InChI=1S/C19H25N3O3S/c1-13(24)22(16-6-8-17(25-2)9-7-16)19-21-15(12-26-19)10-20-18(11-23)14-4-3-5-14/h6-9,12,14,18,20,23H,3-5,10-11H2,1-2H3. The van der Waals surface area contributed by atoms with Crippen molar-refractivity contribution in [3.63, 3.8) is 0 Å². The van der Waals surface area contributed by atoms with Crippen molar-refractivity contribution in [3.05, 3.63) is 35.3 Å². The molecule has 1 aromatic heterocycles. The topological polar surface area (TPSA) is 74.7 Å². The van der Waals surface area contributed by atoms with Crippen LogP contribution in [0.4, 0.5) is 10.8 Å². The number of benzene rings is 1. The molecule has 1 fully saturated rings. The highest BCUT2D eigenvalue weighted by atomic mass is 32.1. The van der Waals surface area contributed by atoms with E-state index in [0.29, 0.717) is 17.6 Å². The Bertz CT molecular complexity index is 728. The molecule has 1 amide bonds. The molecule has 26 heavy (non-hydrogen) atoms. The summed E-state index contributed by atoms with van der Waals surface area (Å²) < 4.78 is 5.17. The van der Waals surface area contributed by atoms with Gasteiger partial charge in [0.15, 0.2) is 5.13 Å². The fourth-order valence-corrected chi connectivity index (χ4v) is 3.98. The number of nitrogens with one attached hydrogen (secondary N) is 1. The van der Waals surface area contributed by atoms with E-state index in [1.807, 2.05) is 29.6 Å². The van der Waals surface area contributed by atoms with Gasteiger partial charge in [-0.15, -0.1) is 11.3 Å². The maximum atomic E-state index is 12.2. The monoisotopic (exact) mass is 375 g/mol. The number of aromatic nitrogens is 1. The van der Waals surface area contributed by atoms with Crippen LogP contribution in [-0.4, -0.2) is 35.8 Å². The zero-order chi connectivity index (χ0) is 18.5. The van der Waals surface area contributed by atoms with Crippen molar-refractivity contribution in [2.24, 2.45) is 5.92 Å². The number of carbonyl (C=O) groups is 1. The molecule has 1 heterocycles. The Kier molecular flexibility index (Phi) is 6.24. The van der Waals surface area contributed by atoms with Crippen LogP contribution in [0.5, 0.6) is 5.75 Å². The fourth-order valence-electron chi connectivity index (χ4n) is 3.10. The van der Waals surface area contributed by atoms with Gasteiger partial charge in [-0.05, 0) is 43.0 Å². The Hall–Kier alpha value is -1.96. The molecule has 0 aliphatic heterocycles. The minimum Gasteiger partial charge on any atom is -0.497 e. The molecule has 1 atom stereocenters. The van der Waals surface area contributed by atoms with Gasteiger partial charge >= 0.3 is 0 Å². The molecule has 7 heteroatoms. The third kappa shape index (κ3) is 4.23. The lowest BCUT2D eigenvalue weighted by Gasteiger charge is -2.33. The molecule has 1 aromatic carbocycles. The number of amides is 1. The first-order chi connectivity index (χ1) is 12.6. The van der Waals surface area contributed by atoms with Crippen molar-refractivity contribution >= 4 is 28.1 Å². The minimum atomic E-state index is -0.0910. The summed E-state index contributed by atoms with van der Waals surface area (Å²) in [5, 5.41) is 15.5. The largest absolute Gasteiger partial charge is 0.497 e. The zero-order valence-corrected chi connectivity index (χ0v) is 16.0. The molecule has 1 saturated carbocycles. The second-order valence-corrected chi connectivity index (χ2v) is 7.37. The van der Waals surface area contributed by atoms with Crippen molar-refractivity contribution in [1.29, 1.82) is 0 Å². The van der Waals surface area contributed by atoms with E-state index in [-0.39, 0.29) is 18.6 Å². The quantitative estimate of drug-likeness (QED) is 0.742. The first kappa shape index (κ1) is 18.8. The van der Waals surface area contributed by atoms with E-state index in [4.69, 9.17) is 4.74 Å². The number of thiazole rings is 1. The molecule has 0 spiro atoms. The Morgan fingerprint density at radius 3 is 2.69 bits per heavy atom. The van der Waals surface area contributed by atoms with Crippen molar-refractivity contribution in [1.82, 2.24) is 10.3 Å². The van der Waals surface area contributed by atoms with Crippen LogP contribution in [-0.2, 0) is 11.3 Å². The average molecular weight is 375 g/mol. The van der Waals surface area contributed by atoms with E-state index in [1.165, 1.54) is 37.5 Å². The van der Waals surface area contributed by atoms with Crippen LogP contribution in [0.15, 0.2) is 29.6 Å².